The lowest BCUT2D eigenvalue weighted by atomic mass is 10.1. The van der Waals surface area contributed by atoms with Crippen molar-refractivity contribution in [3.05, 3.63) is 59.4 Å². The third kappa shape index (κ3) is 4.16. The summed E-state index contributed by atoms with van der Waals surface area (Å²) in [5.41, 5.74) is 6.76. The molecular formula is C16H16FNO2S. The van der Waals surface area contributed by atoms with Gasteiger partial charge >= 0.3 is 0 Å². The molecule has 5 heteroatoms. The Morgan fingerprint density at radius 3 is 2.38 bits per heavy atom. The molecule has 2 aromatic rings. The molecule has 0 saturated heterocycles. The van der Waals surface area contributed by atoms with Crippen LogP contribution < -0.4 is 15.2 Å². The number of hydrogen-bond acceptors (Lipinski definition) is 3. The van der Waals surface area contributed by atoms with E-state index in [1.807, 2.05) is 24.3 Å². The number of nitrogens with two attached hydrogens (primary N) is 1. The third-order valence-corrected chi connectivity index (χ3v) is 3.24. The van der Waals surface area contributed by atoms with Gasteiger partial charge in [-0.1, -0.05) is 24.4 Å². The second-order valence-corrected chi connectivity index (χ2v) is 4.89. The highest BCUT2D eigenvalue weighted by atomic mass is 32.1. The first-order valence-electron chi connectivity index (χ1n) is 6.45. The van der Waals surface area contributed by atoms with Crippen molar-refractivity contribution >= 4 is 17.2 Å². The van der Waals surface area contributed by atoms with Gasteiger partial charge in [-0.2, -0.15) is 0 Å². The summed E-state index contributed by atoms with van der Waals surface area (Å²) in [5.74, 6) is 0.806. The van der Waals surface area contributed by atoms with E-state index in [2.05, 4.69) is 0 Å². The Labute approximate surface area is 128 Å². The molecular weight excluding hydrogens is 289 g/mol. The molecule has 2 aromatic carbocycles. The Balaban J connectivity index is 1.91. The first-order valence-corrected chi connectivity index (χ1v) is 6.86. The highest BCUT2D eigenvalue weighted by Gasteiger charge is 2.06. The largest absolute Gasteiger partial charge is 0.497 e. The minimum atomic E-state index is -0.468. The molecule has 0 heterocycles. The van der Waals surface area contributed by atoms with Crippen LogP contribution in [0.15, 0.2) is 42.5 Å². The van der Waals surface area contributed by atoms with Crippen LogP contribution in [0.3, 0.4) is 0 Å². The molecule has 110 valence electrons. The Morgan fingerprint density at radius 1 is 1.14 bits per heavy atom. The van der Waals surface area contributed by atoms with Crippen LogP contribution in [-0.4, -0.2) is 18.7 Å². The third-order valence-electron chi connectivity index (χ3n) is 3.02. The van der Waals surface area contributed by atoms with Crippen LogP contribution in [0.4, 0.5) is 4.39 Å². The molecule has 0 aliphatic rings. The van der Waals surface area contributed by atoms with Crippen LogP contribution in [0.5, 0.6) is 11.5 Å². The van der Waals surface area contributed by atoms with Gasteiger partial charge in [0.25, 0.3) is 0 Å². The normalized spacial score (nSPS) is 10.2. The molecule has 0 radical (unpaired) electrons. The van der Waals surface area contributed by atoms with Crippen molar-refractivity contribution in [1.82, 2.24) is 0 Å². The number of hydrogen-bond donors (Lipinski definition) is 1. The molecule has 0 atom stereocenters. The van der Waals surface area contributed by atoms with Crippen LogP contribution in [0.1, 0.15) is 11.1 Å². The Hall–Kier alpha value is -2.14. The highest BCUT2D eigenvalue weighted by Crippen LogP contribution is 2.17. The molecule has 0 aliphatic carbocycles. The van der Waals surface area contributed by atoms with Crippen LogP contribution in [-0.2, 0) is 6.42 Å². The molecule has 2 N–H and O–H groups in total. The SMILES string of the molecule is COc1ccc(CCOc2ccc(C(N)=S)c(F)c2)cc1. The minimum Gasteiger partial charge on any atom is -0.497 e. The number of ether oxygens (including phenoxy) is 2. The van der Waals surface area contributed by atoms with Crippen molar-refractivity contribution in [1.29, 1.82) is 0 Å². The molecule has 0 aromatic heterocycles. The monoisotopic (exact) mass is 305 g/mol. The average Bonchev–Trinajstić information content (AvgIpc) is 2.47. The maximum Gasteiger partial charge on any atom is 0.137 e. The first kappa shape index (κ1) is 15.3. The second kappa shape index (κ2) is 7.04. The van der Waals surface area contributed by atoms with Gasteiger partial charge in [-0.25, -0.2) is 4.39 Å². The summed E-state index contributed by atoms with van der Waals surface area (Å²) in [6, 6.07) is 12.2. The standard InChI is InChI=1S/C16H16FNO2S/c1-19-12-4-2-11(3-5-12)8-9-20-13-6-7-14(16(18)21)15(17)10-13/h2-7,10H,8-9H2,1H3,(H2,18,21). The maximum absolute atomic E-state index is 13.7. The number of thiocarbonyl (C=S) groups is 1. The van der Waals surface area contributed by atoms with E-state index in [0.29, 0.717) is 12.4 Å². The Morgan fingerprint density at radius 2 is 1.81 bits per heavy atom. The van der Waals surface area contributed by atoms with Gasteiger partial charge in [-0.05, 0) is 29.8 Å². The van der Waals surface area contributed by atoms with Gasteiger partial charge in [0, 0.05) is 18.1 Å². The predicted octanol–water partition coefficient (Wildman–Crippen LogP) is 3.09. The molecule has 0 amide bonds. The Bertz CT molecular complexity index is 629. The number of benzene rings is 2. The molecule has 0 bridgehead atoms. The second-order valence-electron chi connectivity index (χ2n) is 4.45. The van der Waals surface area contributed by atoms with E-state index >= 15 is 0 Å². The lowest BCUT2D eigenvalue weighted by Gasteiger charge is -2.08. The summed E-state index contributed by atoms with van der Waals surface area (Å²) in [6.07, 6.45) is 0.725. The van der Waals surface area contributed by atoms with E-state index in [1.165, 1.54) is 12.1 Å². The lowest BCUT2D eigenvalue weighted by molar-refractivity contribution is 0.320. The molecule has 0 fully saturated rings. The number of halogens is 1. The van der Waals surface area contributed by atoms with Gasteiger partial charge in [0.15, 0.2) is 0 Å². The van der Waals surface area contributed by atoms with Crippen molar-refractivity contribution in [2.24, 2.45) is 5.73 Å². The zero-order valence-electron chi connectivity index (χ0n) is 11.6. The number of rotatable bonds is 6. The molecule has 0 spiro atoms. The van der Waals surface area contributed by atoms with E-state index in [1.54, 1.807) is 13.2 Å². The molecule has 0 saturated carbocycles. The van der Waals surface area contributed by atoms with E-state index in [-0.39, 0.29) is 10.6 Å². The quantitative estimate of drug-likeness (QED) is 0.833. The molecule has 0 unspecified atom stereocenters. The fourth-order valence-electron chi connectivity index (χ4n) is 1.86. The minimum absolute atomic E-state index is 0.0392. The summed E-state index contributed by atoms with van der Waals surface area (Å²) in [4.78, 5) is 0.0392. The highest BCUT2D eigenvalue weighted by molar-refractivity contribution is 7.80. The summed E-state index contributed by atoms with van der Waals surface area (Å²) in [7, 11) is 1.63. The predicted molar refractivity (Wildman–Crippen MR) is 84.5 cm³/mol. The summed E-state index contributed by atoms with van der Waals surface area (Å²) >= 11 is 4.75. The zero-order chi connectivity index (χ0) is 15.2. The molecule has 21 heavy (non-hydrogen) atoms. The van der Waals surface area contributed by atoms with Crippen molar-refractivity contribution in [3.8, 4) is 11.5 Å². The Kier molecular flexibility index (Phi) is 5.11. The fourth-order valence-corrected chi connectivity index (χ4v) is 2.03. The molecule has 2 rings (SSSR count). The lowest BCUT2D eigenvalue weighted by Crippen LogP contribution is -2.11. The topological polar surface area (TPSA) is 44.5 Å². The van der Waals surface area contributed by atoms with Crippen molar-refractivity contribution in [2.75, 3.05) is 13.7 Å². The van der Waals surface area contributed by atoms with E-state index in [9.17, 15) is 4.39 Å². The number of methoxy groups -OCH3 is 1. The summed E-state index contributed by atoms with van der Waals surface area (Å²) in [6.45, 7) is 0.457. The van der Waals surface area contributed by atoms with E-state index in [4.69, 9.17) is 27.4 Å². The van der Waals surface area contributed by atoms with Gasteiger partial charge in [-0.15, -0.1) is 0 Å². The van der Waals surface area contributed by atoms with Gasteiger partial charge in [0.2, 0.25) is 0 Å². The van der Waals surface area contributed by atoms with Gasteiger partial charge in [0.1, 0.15) is 22.3 Å². The van der Waals surface area contributed by atoms with E-state index in [0.717, 1.165) is 17.7 Å². The van der Waals surface area contributed by atoms with Gasteiger partial charge in [-0.3, -0.25) is 0 Å². The van der Waals surface area contributed by atoms with Crippen LogP contribution in [0.25, 0.3) is 0 Å². The van der Waals surface area contributed by atoms with Crippen molar-refractivity contribution in [3.63, 3.8) is 0 Å². The maximum atomic E-state index is 13.7. The van der Waals surface area contributed by atoms with Gasteiger partial charge in [0.05, 0.1) is 13.7 Å². The van der Waals surface area contributed by atoms with Crippen LogP contribution in [0.2, 0.25) is 0 Å². The smallest absolute Gasteiger partial charge is 0.137 e. The first-order chi connectivity index (χ1) is 10.1. The average molecular weight is 305 g/mol. The molecule has 3 nitrogen and oxygen atoms in total. The van der Waals surface area contributed by atoms with E-state index < -0.39 is 5.82 Å². The fraction of sp³-hybridized carbons (Fsp3) is 0.188. The summed E-state index contributed by atoms with van der Waals surface area (Å²) < 4.78 is 24.3. The molecule has 0 aliphatic heterocycles. The zero-order valence-corrected chi connectivity index (χ0v) is 12.5. The van der Waals surface area contributed by atoms with Crippen LogP contribution >= 0.6 is 12.2 Å². The van der Waals surface area contributed by atoms with Crippen LogP contribution in [0, 0.1) is 5.82 Å². The summed E-state index contributed by atoms with van der Waals surface area (Å²) in [5, 5.41) is 0. The van der Waals surface area contributed by atoms with Gasteiger partial charge < -0.3 is 15.2 Å². The van der Waals surface area contributed by atoms with Crippen molar-refractivity contribution in [2.45, 2.75) is 6.42 Å². The van der Waals surface area contributed by atoms with Crippen molar-refractivity contribution < 1.29 is 13.9 Å².